The van der Waals surface area contributed by atoms with Crippen LogP contribution in [-0.4, -0.2) is 34.9 Å². The molecule has 2 aromatic rings. The molecule has 0 saturated heterocycles. The van der Waals surface area contributed by atoms with Crippen molar-refractivity contribution in [3.05, 3.63) is 46.9 Å². The van der Waals surface area contributed by atoms with Gasteiger partial charge in [-0.15, -0.1) is 0 Å². The van der Waals surface area contributed by atoms with Gasteiger partial charge in [-0.05, 0) is 18.2 Å². The maximum absolute atomic E-state index is 12.3. The molecule has 110 valence electrons. The fourth-order valence-corrected chi connectivity index (χ4v) is 2.09. The van der Waals surface area contributed by atoms with Crippen molar-refractivity contribution in [2.45, 2.75) is 6.54 Å². The summed E-state index contributed by atoms with van der Waals surface area (Å²) in [5.74, 6) is 0.446. The van der Waals surface area contributed by atoms with Gasteiger partial charge < -0.3 is 15.4 Å². The fourth-order valence-electron chi connectivity index (χ4n) is 1.89. The van der Waals surface area contributed by atoms with Gasteiger partial charge in [-0.2, -0.15) is 0 Å². The zero-order chi connectivity index (χ0) is 15.4. The highest BCUT2D eigenvalue weighted by molar-refractivity contribution is 6.30. The van der Waals surface area contributed by atoms with E-state index >= 15 is 0 Å². The molecule has 1 heterocycles. The average molecular weight is 307 g/mol. The predicted octanol–water partition coefficient (Wildman–Crippen LogP) is 1.99. The highest BCUT2D eigenvalue weighted by atomic mass is 35.5. The van der Waals surface area contributed by atoms with Gasteiger partial charge in [0.25, 0.3) is 5.91 Å². The maximum atomic E-state index is 12.3. The van der Waals surface area contributed by atoms with Crippen LogP contribution in [0.1, 0.15) is 16.1 Å². The quantitative estimate of drug-likeness (QED) is 0.934. The van der Waals surface area contributed by atoms with Crippen molar-refractivity contribution in [1.29, 1.82) is 0 Å². The van der Waals surface area contributed by atoms with Gasteiger partial charge in [0.1, 0.15) is 5.75 Å². The monoisotopic (exact) mass is 306 g/mol. The van der Waals surface area contributed by atoms with Crippen molar-refractivity contribution in [3.8, 4) is 5.75 Å². The van der Waals surface area contributed by atoms with E-state index in [1.807, 2.05) is 0 Å². The third-order valence-electron chi connectivity index (χ3n) is 2.93. The molecule has 0 unspecified atom stereocenters. The van der Waals surface area contributed by atoms with Crippen LogP contribution in [0.5, 0.6) is 5.75 Å². The lowest BCUT2D eigenvalue weighted by Gasteiger charge is -2.19. The third-order valence-corrected chi connectivity index (χ3v) is 3.16. The van der Waals surface area contributed by atoms with E-state index in [4.69, 9.17) is 22.1 Å². The number of hydrogen-bond donors (Lipinski definition) is 1. The van der Waals surface area contributed by atoms with Crippen LogP contribution >= 0.6 is 11.6 Å². The van der Waals surface area contributed by atoms with E-state index in [0.717, 1.165) is 5.56 Å². The summed E-state index contributed by atoms with van der Waals surface area (Å²) < 4.78 is 5.26. The van der Waals surface area contributed by atoms with E-state index in [-0.39, 0.29) is 17.4 Å². The number of anilines is 1. The molecule has 6 nitrogen and oxygen atoms in total. The molecule has 2 rings (SSSR count). The number of nitrogens with two attached hydrogens (primary N) is 1. The summed E-state index contributed by atoms with van der Waals surface area (Å²) in [4.78, 5) is 21.6. The molecular formula is C14H15ClN4O2. The summed E-state index contributed by atoms with van der Waals surface area (Å²) in [5, 5.41) is 0.575. The van der Waals surface area contributed by atoms with E-state index in [9.17, 15) is 4.79 Å². The van der Waals surface area contributed by atoms with E-state index in [1.165, 1.54) is 17.3 Å². The Bertz CT molecular complexity index is 663. The minimum Gasteiger partial charge on any atom is -0.496 e. The molecule has 1 aromatic carbocycles. The molecule has 0 aliphatic rings. The number of carbonyl (C=O) groups excluding carboxylic acids is 1. The van der Waals surface area contributed by atoms with Gasteiger partial charge >= 0.3 is 0 Å². The number of amides is 1. The zero-order valence-electron chi connectivity index (χ0n) is 11.7. The lowest BCUT2D eigenvalue weighted by Crippen LogP contribution is -2.28. The lowest BCUT2D eigenvalue weighted by molar-refractivity contribution is 0.0779. The molecule has 1 aromatic heterocycles. The topological polar surface area (TPSA) is 81.3 Å². The van der Waals surface area contributed by atoms with Gasteiger partial charge in [-0.3, -0.25) is 4.79 Å². The van der Waals surface area contributed by atoms with Gasteiger partial charge in [-0.1, -0.05) is 11.6 Å². The number of carbonyl (C=O) groups is 1. The summed E-state index contributed by atoms with van der Waals surface area (Å²) in [6.45, 7) is 0.318. The van der Waals surface area contributed by atoms with Crippen molar-refractivity contribution in [1.82, 2.24) is 14.9 Å². The Balaban J connectivity index is 2.22. The van der Waals surface area contributed by atoms with E-state index < -0.39 is 0 Å². The van der Waals surface area contributed by atoms with Gasteiger partial charge in [0, 0.05) is 36.6 Å². The minimum absolute atomic E-state index is 0.104. The summed E-state index contributed by atoms with van der Waals surface area (Å²) in [6, 6.07) is 5.24. The van der Waals surface area contributed by atoms with Crippen molar-refractivity contribution in [2.75, 3.05) is 19.9 Å². The minimum atomic E-state index is -0.317. The molecule has 0 aliphatic heterocycles. The molecule has 21 heavy (non-hydrogen) atoms. The normalized spacial score (nSPS) is 10.2. The van der Waals surface area contributed by atoms with E-state index in [0.29, 0.717) is 17.3 Å². The van der Waals surface area contributed by atoms with E-state index in [2.05, 4.69) is 9.97 Å². The van der Waals surface area contributed by atoms with Crippen LogP contribution < -0.4 is 10.5 Å². The first-order chi connectivity index (χ1) is 10.0. The molecule has 2 N–H and O–H groups in total. The van der Waals surface area contributed by atoms with E-state index in [1.54, 1.807) is 32.4 Å². The number of methoxy groups -OCH3 is 1. The Labute approximate surface area is 127 Å². The highest BCUT2D eigenvalue weighted by Gasteiger charge is 2.18. The summed E-state index contributed by atoms with van der Waals surface area (Å²) in [7, 11) is 3.21. The Morgan fingerprint density at radius 2 is 2.10 bits per heavy atom. The van der Waals surface area contributed by atoms with Crippen molar-refractivity contribution in [3.63, 3.8) is 0 Å². The standard InChI is InChI=1S/C14H15ClN4O2/c1-19(14(20)12-13(16)18-6-5-17-12)8-9-7-10(15)3-4-11(9)21-2/h3-7H,8H2,1-2H3,(H2,16,18). The smallest absolute Gasteiger partial charge is 0.276 e. The second-order valence-corrected chi connectivity index (χ2v) is 4.84. The Hall–Kier alpha value is -2.34. The molecule has 0 atom stereocenters. The first kappa shape index (κ1) is 15.1. The average Bonchev–Trinajstić information content (AvgIpc) is 2.47. The van der Waals surface area contributed by atoms with Crippen LogP contribution in [-0.2, 0) is 6.54 Å². The Morgan fingerprint density at radius 3 is 2.76 bits per heavy atom. The first-order valence-electron chi connectivity index (χ1n) is 6.17. The van der Waals surface area contributed by atoms with Crippen LogP contribution in [0.2, 0.25) is 5.02 Å². The summed E-state index contributed by atoms with van der Waals surface area (Å²) in [5.41, 5.74) is 6.59. The number of halogens is 1. The van der Waals surface area contributed by atoms with Crippen LogP contribution in [0.15, 0.2) is 30.6 Å². The van der Waals surface area contributed by atoms with Gasteiger partial charge in [0.2, 0.25) is 0 Å². The fraction of sp³-hybridized carbons (Fsp3) is 0.214. The molecule has 0 fully saturated rings. The van der Waals surface area contributed by atoms with Gasteiger partial charge in [0.05, 0.1) is 7.11 Å². The molecule has 0 radical (unpaired) electrons. The maximum Gasteiger partial charge on any atom is 0.276 e. The second kappa shape index (κ2) is 6.41. The third kappa shape index (κ3) is 3.41. The number of hydrogen-bond acceptors (Lipinski definition) is 5. The van der Waals surface area contributed by atoms with Gasteiger partial charge in [0.15, 0.2) is 11.5 Å². The Morgan fingerprint density at radius 1 is 1.38 bits per heavy atom. The number of rotatable bonds is 4. The van der Waals surface area contributed by atoms with Crippen LogP contribution in [0, 0.1) is 0 Å². The molecule has 0 saturated carbocycles. The highest BCUT2D eigenvalue weighted by Crippen LogP contribution is 2.24. The predicted molar refractivity (Wildman–Crippen MR) is 80.2 cm³/mol. The zero-order valence-corrected chi connectivity index (χ0v) is 12.5. The van der Waals surface area contributed by atoms with Crippen LogP contribution in [0.4, 0.5) is 5.82 Å². The lowest BCUT2D eigenvalue weighted by atomic mass is 10.2. The van der Waals surface area contributed by atoms with Crippen molar-refractivity contribution in [2.24, 2.45) is 0 Å². The number of benzene rings is 1. The second-order valence-electron chi connectivity index (χ2n) is 4.41. The largest absolute Gasteiger partial charge is 0.496 e. The number of aromatic nitrogens is 2. The van der Waals surface area contributed by atoms with Gasteiger partial charge in [-0.25, -0.2) is 9.97 Å². The SMILES string of the molecule is COc1ccc(Cl)cc1CN(C)C(=O)c1nccnc1N. The summed E-state index contributed by atoms with van der Waals surface area (Å²) >= 11 is 5.98. The Kier molecular flexibility index (Phi) is 4.59. The molecular weight excluding hydrogens is 292 g/mol. The van der Waals surface area contributed by atoms with Crippen LogP contribution in [0.3, 0.4) is 0 Å². The molecule has 1 amide bonds. The number of nitrogens with zero attached hydrogens (tertiary/aromatic N) is 3. The number of nitrogen functional groups attached to an aromatic ring is 1. The molecule has 0 bridgehead atoms. The summed E-state index contributed by atoms with van der Waals surface area (Å²) in [6.07, 6.45) is 2.86. The van der Waals surface area contributed by atoms with Crippen molar-refractivity contribution >= 4 is 23.3 Å². The molecule has 0 spiro atoms. The molecule has 0 aliphatic carbocycles. The number of ether oxygens (including phenoxy) is 1. The molecule has 7 heteroatoms. The first-order valence-corrected chi connectivity index (χ1v) is 6.55. The van der Waals surface area contributed by atoms with Crippen LogP contribution in [0.25, 0.3) is 0 Å². The van der Waals surface area contributed by atoms with Crippen molar-refractivity contribution < 1.29 is 9.53 Å².